The number of hydrogen-bond donors (Lipinski definition) is 0. The fourth-order valence-corrected chi connectivity index (χ4v) is 8.81. The quantitative estimate of drug-likeness (QED) is 0.162. The molecule has 0 spiro atoms. The molecule has 10 rings (SSSR count). The van der Waals surface area contributed by atoms with Gasteiger partial charge in [0.1, 0.15) is 0 Å². The number of thiazole rings is 1. The molecule has 0 fully saturated rings. The first kappa shape index (κ1) is 32.5. The van der Waals surface area contributed by atoms with Crippen LogP contribution in [0.3, 0.4) is 0 Å². The van der Waals surface area contributed by atoms with Gasteiger partial charge in [0.15, 0.2) is 0 Å². The molecule has 2 nitrogen and oxygen atoms in total. The second-order valence-corrected chi connectivity index (χ2v) is 15.1. The molecule has 0 atom stereocenters. The van der Waals surface area contributed by atoms with Gasteiger partial charge in [-0.1, -0.05) is 135 Å². The zero-order chi connectivity index (χ0) is 33.3. The average Bonchev–Trinajstić information content (AvgIpc) is 3.75. The minimum Gasteiger partial charge on any atom is -0.304 e. The number of pyridine rings is 1. The van der Waals surface area contributed by atoms with Crippen LogP contribution in [-0.2, 0) is 30.9 Å². The fourth-order valence-electron chi connectivity index (χ4n) is 7.86. The molecule has 0 aliphatic heterocycles. The van der Waals surface area contributed by atoms with Crippen LogP contribution in [-0.4, -0.2) is 9.97 Å². The van der Waals surface area contributed by atoms with Gasteiger partial charge in [0.05, 0.1) is 5.52 Å². The van der Waals surface area contributed by atoms with Crippen molar-refractivity contribution in [3.63, 3.8) is 0 Å². The van der Waals surface area contributed by atoms with Crippen LogP contribution in [0.1, 0.15) is 49.9 Å². The molecule has 2 aromatic heterocycles. The monoisotopic (exact) mass is 839 g/mol. The number of benzene rings is 6. The van der Waals surface area contributed by atoms with Crippen molar-refractivity contribution in [2.45, 2.75) is 38.5 Å². The minimum absolute atomic E-state index is 0. The summed E-state index contributed by atoms with van der Waals surface area (Å²) in [7, 11) is 0. The summed E-state index contributed by atoms with van der Waals surface area (Å²) in [5.41, 5.74) is 15.0. The minimum atomic E-state index is 0. The molecule has 0 saturated heterocycles. The van der Waals surface area contributed by atoms with Gasteiger partial charge in [0.2, 0.25) is 0 Å². The summed E-state index contributed by atoms with van der Waals surface area (Å²) in [6, 6.07) is 52.0. The predicted octanol–water partition coefficient (Wildman–Crippen LogP) is 12.1. The third kappa shape index (κ3) is 5.09. The zero-order valence-electron chi connectivity index (χ0n) is 28.3. The summed E-state index contributed by atoms with van der Waals surface area (Å²) in [6.07, 6.45) is 1.89. The van der Waals surface area contributed by atoms with Crippen molar-refractivity contribution >= 4 is 32.3 Å². The number of aromatic nitrogens is 2. The van der Waals surface area contributed by atoms with Crippen molar-refractivity contribution in [1.29, 1.82) is 0 Å². The van der Waals surface area contributed by atoms with Gasteiger partial charge < -0.3 is 4.98 Å². The van der Waals surface area contributed by atoms with E-state index >= 15 is 0 Å². The van der Waals surface area contributed by atoms with Crippen LogP contribution in [0.25, 0.3) is 65.1 Å². The van der Waals surface area contributed by atoms with Crippen LogP contribution in [0, 0.1) is 12.1 Å². The Balaban J connectivity index is 0.000000142. The Morgan fingerprint density at radius 3 is 1.80 bits per heavy atom. The van der Waals surface area contributed by atoms with Crippen molar-refractivity contribution in [3.05, 3.63) is 168 Å². The van der Waals surface area contributed by atoms with Crippen molar-refractivity contribution in [3.8, 4) is 44.1 Å². The standard InChI is InChI=1S/C24H18N.C22H16NS.Ir/c1-24(2)21-10-6-5-9-19(21)20-12-11-17(15-22(20)24)23-18-8-4-3-7-16(18)13-14-25-23;1-22(2)17-8-4-3-7-15(17)16-12-11-14(13-18(16)22)21-23-19-9-5-6-10-20(19)24-21;/h3-10,12-15H,1-2H3;3-10,12-13H,1-2H3;/q2*-1;. The molecule has 50 heavy (non-hydrogen) atoms. The van der Waals surface area contributed by atoms with E-state index in [-0.39, 0.29) is 30.9 Å². The predicted molar refractivity (Wildman–Crippen MR) is 205 cm³/mol. The van der Waals surface area contributed by atoms with Crippen LogP contribution in [0.4, 0.5) is 0 Å². The van der Waals surface area contributed by atoms with Crippen LogP contribution >= 0.6 is 11.3 Å². The normalized spacial score (nSPS) is 14.2. The van der Waals surface area contributed by atoms with Crippen LogP contribution in [0.15, 0.2) is 134 Å². The summed E-state index contributed by atoms with van der Waals surface area (Å²) in [5.74, 6) is 0. The maximum absolute atomic E-state index is 4.79. The molecular weight excluding hydrogens is 805 g/mol. The molecule has 0 unspecified atom stereocenters. The Kier molecular flexibility index (Phi) is 7.95. The SMILES string of the molecule is CC1(C)c2ccccc2-c2c[c-]c(-c3nc4ccccc4s3)cc21.CC1(C)c2ccccc2-c2c[c-]c(-c3nccc4ccccc34)cc21.[Ir]. The van der Waals surface area contributed by atoms with E-state index in [0.717, 1.165) is 27.3 Å². The van der Waals surface area contributed by atoms with Gasteiger partial charge in [0.25, 0.3) is 0 Å². The molecule has 2 aliphatic carbocycles. The van der Waals surface area contributed by atoms with E-state index in [9.17, 15) is 0 Å². The number of fused-ring (bicyclic) bond motifs is 8. The summed E-state index contributed by atoms with van der Waals surface area (Å²) in [5, 5.41) is 3.43. The van der Waals surface area contributed by atoms with E-state index in [1.54, 1.807) is 11.3 Å². The van der Waals surface area contributed by atoms with Gasteiger partial charge in [0, 0.05) is 36.0 Å². The molecular formula is C46H34IrN2S-2. The van der Waals surface area contributed by atoms with E-state index in [4.69, 9.17) is 4.98 Å². The Bertz CT molecular complexity index is 2540. The van der Waals surface area contributed by atoms with E-state index in [0.29, 0.717) is 0 Å². The van der Waals surface area contributed by atoms with E-state index in [1.807, 2.05) is 12.3 Å². The molecule has 2 aliphatic rings. The van der Waals surface area contributed by atoms with E-state index in [2.05, 4.69) is 166 Å². The molecule has 0 saturated carbocycles. The maximum Gasteiger partial charge on any atom is 0.0697 e. The average molecular weight is 839 g/mol. The van der Waals surface area contributed by atoms with Crippen molar-refractivity contribution in [2.24, 2.45) is 0 Å². The second-order valence-electron chi connectivity index (χ2n) is 14.1. The zero-order valence-corrected chi connectivity index (χ0v) is 31.5. The number of nitrogens with zero attached hydrogens (tertiary/aromatic N) is 2. The topological polar surface area (TPSA) is 25.8 Å². The first-order valence-electron chi connectivity index (χ1n) is 16.8. The maximum atomic E-state index is 4.79. The van der Waals surface area contributed by atoms with Crippen LogP contribution in [0.5, 0.6) is 0 Å². The van der Waals surface area contributed by atoms with E-state index < -0.39 is 0 Å². The summed E-state index contributed by atoms with van der Waals surface area (Å²) >= 11 is 1.74. The van der Waals surface area contributed by atoms with Gasteiger partial charge in [-0.2, -0.15) is 11.3 Å². The Morgan fingerprint density at radius 2 is 1.12 bits per heavy atom. The summed E-state index contributed by atoms with van der Waals surface area (Å²) < 4.78 is 1.23. The van der Waals surface area contributed by atoms with Gasteiger partial charge in [-0.15, -0.1) is 58.7 Å². The molecule has 6 aromatic carbocycles. The largest absolute Gasteiger partial charge is 0.304 e. The van der Waals surface area contributed by atoms with Gasteiger partial charge >= 0.3 is 0 Å². The first-order valence-corrected chi connectivity index (χ1v) is 17.6. The number of rotatable bonds is 2. The van der Waals surface area contributed by atoms with Gasteiger partial charge in [-0.25, -0.2) is 0 Å². The second kappa shape index (κ2) is 12.2. The molecule has 8 aromatic rings. The number of para-hydroxylation sites is 1. The third-order valence-corrected chi connectivity index (χ3v) is 11.6. The van der Waals surface area contributed by atoms with Crippen molar-refractivity contribution in [2.75, 3.05) is 0 Å². The molecule has 4 heteroatoms. The molecule has 2 heterocycles. The third-order valence-electron chi connectivity index (χ3n) is 10.5. The molecule has 245 valence electrons. The Morgan fingerprint density at radius 1 is 0.560 bits per heavy atom. The molecule has 1 radical (unpaired) electrons. The Labute approximate surface area is 311 Å². The molecule has 0 N–H and O–H groups in total. The fraction of sp³-hybridized carbons (Fsp3) is 0.130. The first-order chi connectivity index (χ1) is 23.8. The number of hydrogen-bond acceptors (Lipinski definition) is 3. The van der Waals surface area contributed by atoms with Gasteiger partial charge in [-0.3, -0.25) is 4.98 Å². The Hall–Kier alpha value is -4.73. The van der Waals surface area contributed by atoms with Crippen LogP contribution < -0.4 is 0 Å². The van der Waals surface area contributed by atoms with Crippen molar-refractivity contribution < 1.29 is 20.1 Å². The summed E-state index contributed by atoms with van der Waals surface area (Å²) in [6.45, 7) is 9.22. The smallest absolute Gasteiger partial charge is 0.0697 e. The molecule has 0 bridgehead atoms. The summed E-state index contributed by atoms with van der Waals surface area (Å²) in [4.78, 5) is 9.46. The molecule has 0 amide bonds. The van der Waals surface area contributed by atoms with Gasteiger partial charge in [-0.05, 0) is 56.6 Å². The van der Waals surface area contributed by atoms with Crippen molar-refractivity contribution in [1.82, 2.24) is 9.97 Å². The van der Waals surface area contributed by atoms with Crippen LogP contribution in [0.2, 0.25) is 0 Å². The van der Waals surface area contributed by atoms with E-state index in [1.165, 1.54) is 60.0 Å².